The summed E-state index contributed by atoms with van der Waals surface area (Å²) in [5, 5.41) is 10.7. The van der Waals surface area contributed by atoms with Crippen LogP contribution in [0.15, 0.2) is 79.0 Å². The molecule has 280 valence electrons. The molecular formula is C37H43N6O8PS. The second-order valence-corrected chi connectivity index (χ2v) is 17.2. The zero-order valence-electron chi connectivity index (χ0n) is 30.7. The van der Waals surface area contributed by atoms with Crippen molar-refractivity contribution in [3.63, 3.8) is 0 Å². The molecule has 53 heavy (non-hydrogen) atoms. The highest BCUT2D eigenvalue weighted by atomic mass is 32.2. The number of nitrogens with one attached hydrogen (secondary N) is 4. The summed E-state index contributed by atoms with van der Waals surface area (Å²) in [4.78, 5) is 22.3. The Kier molecular flexibility index (Phi) is 11.5. The van der Waals surface area contributed by atoms with Crippen LogP contribution in [-0.4, -0.2) is 58.2 Å². The van der Waals surface area contributed by atoms with Crippen molar-refractivity contribution in [1.82, 2.24) is 9.97 Å². The minimum Gasteiger partial charge on any atom is -0.496 e. The Morgan fingerprint density at radius 2 is 1.57 bits per heavy atom. The first kappa shape index (κ1) is 38.9. The average Bonchev–Trinajstić information content (AvgIpc) is 3.08. The number of fused-ring (bicyclic) bond motifs is 1. The number of hydrogen-bond acceptors (Lipinski definition) is 11. The summed E-state index contributed by atoms with van der Waals surface area (Å²) in [6, 6.07) is 20.4. The second kappa shape index (κ2) is 15.7. The van der Waals surface area contributed by atoms with Gasteiger partial charge in [-0.1, -0.05) is 45.0 Å². The molecule has 5 rings (SSSR count). The number of sulfonamides is 1. The topological polar surface area (TPSA) is 179 Å². The van der Waals surface area contributed by atoms with E-state index in [1.165, 1.54) is 14.2 Å². The van der Waals surface area contributed by atoms with Gasteiger partial charge in [-0.05, 0) is 54.3 Å². The van der Waals surface area contributed by atoms with E-state index in [1.54, 1.807) is 68.3 Å². The molecule has 1 atom stereocenters. The first-order valence-electron chi connectivity index (χ1n) is 16.5. The molecule has 2 amide bonds. The maximum absolute atomic E-state index is 13.5. The Balaban J connectivity index is 1.38. The molecule has 0 saturated heterocycles. The maximum Gasteiger partial charge on any atom is 0.323 e. The zero-order valence-corrected chi connectivity index (χ0v) is 32.4. The summed E-state index contributed by atoms with van der Waals surface area (Å²) in [5.74, 6) is 1.56. The van der Waals surface area contributed by atoms with E-state index in [0.717, 1.165) is 11.8 Å². The number of rotatable bonds is 13. The predicted molar refractivity (Wildman–Crippen MR) is 210 cm³/mol. The molecule has 0 radical (unpaired) electrons. The minimum atomic E-state index is -3.64. The van der Waals surface area contributed by atoms with Gasteiger partial charge in [0.1, 0.15) is 11.5 Å². The van der Waals surface area contributed by atoms with Crippen molar-refractivity contribution in [2.24, 2.45) is 0 Å². The van der Waals surface area contributed by atoms with Gasteiger partial charge < -0.3 is 34.7 Å². The van der Waals surface area contributed by atoms with Crippen molar-refractivity contribution in [3.8, 4) is 23.1 Å². The quantitative estimate of drug-likeness (QED) is 0.0853. The highest BCUT2D eigenvalue weighted by Crippen LogP contribution is 2.45. The van der Waals surface area contributed by atoms with Gasteiger partial charge in [0, 0.05) is 41.5 Å². The maximum atomic E-state index is 13.5. The Labute approximate surface area is 309 Å². The van der Waals surface area contributed by atoms with E-state index in [4.69, 9.17) is 18.7 Å². The number of anilines is 5. The fourth-order valence-corrected chi connectivity index (χ4v) is 7.59. The van der Waals surface area contributed by atoms with Crippen LogP contribution in [0.2, 0.25) is 0 Å². The predicted octanol–water partition coefficient (Wildman–Crippen LogP) is 8.07. The standard InChI is InChI=1S/C37H43N6O8PS/c1-9-50-52(7,45)32-17-14-24(22-31(32)48-5)39-35-38-19-18-33(42-35)51-30-16-15-27(25-12-10-11-13-26(25)30)40-36(44)41-28-20-23(37(2,3)4)21-29(34(28)49-6)43-53(8,46)47/h10-22,43H,9H2,1-8H3,(H,38,39,42)(H2,40,41,44). The summed E-state index contributed by atoms with van der Waals surface area (Å²) in [7, 11) is -3.82. The van der Waals surface area contributed by atoms with E-state index in [-0.39, 0.29) is 34.4 Å². The average molecular weight is 763 g/mol. The molecule has 4 aromatic carbocycles. The van der Waals surface area contributed by atoms with Crippen LogP contribution >= 0.6 is 7.37 Å². The van der Waals surface area contributed by atoms with Gasteiger partial charge >= 0.3 is 6.03 Å². The number of nitrogens with zero attached hydrogens (tertiary/aromatic N) is 2. The molecule has 0 aliphatic rings. The van der Waals surface area contributed by atoms with Crippen LogP contribution in [0.4, 0.5) is 33.5 Å². The molecule has 1 aromatic heterocycles. The number of aromatic nitrogens is 2. The first-order chi connectivity index (χ1) is 25.0. The summed E-state index contributed by atoms with van der Waals surface area (Å²) in [5.41, 5.74) is 1.99. The lowest BCUT2D eigenvalue weighted by Gasteiger charge is -2.24. The van der Waals surface area contributed by atoms with Gasteiger partial charge in [0.2, 0.25) is 29.2 Å². The number of carbonyl (C=O) groups is 1. The molecule has 0 aliphatic heterocycles. The molecule has 0 fully saturated rings. The lowest BCUT2D eigenvalue weighted by molar-refractivity contribution is 0.262. The fraction of sp³-hybridized carbons (Fsp3) is 0.270. The van der Waals surface area contributed by atoms with Crippen LogP contribution in [-0.2, 0) is 24.5 Å². The van der Waals surface area contributed by atoms with Crippen molar-refractivity contribution < 1.29 is 36.5 Å². The Bertz CT molecular complexity index is 2310. The molecule has 0 saturated carbocycles. The van der Waals surface area contributed by atoms with Gasteiger partial charge in [-0.2, -0.15) is 4.98 Å². The normalized spacial score (nSPS) is 12.8. The molecule has 5 aromatic rings. The van der Waals surface area contributed by atoms with Crippen LogP contribution in [0.1, 0.15) is 33.3 Å². The third kappa shape index (κ3) is 9.55. The molecule has 0 aliphatic carbocycles. The molecule has 1 unspecified atom stereocenters. The fourth-order valence-electron chi connectivity index (χ4n) is 5.50. The number of urea groups is 1. The third-order valence-corrected chi connectivity index (χ3v) is 10.5. The lowest BCUT2D eigenvalue weighted by Crippen LogP contribution is -2.22. The van der Waals surface area contributed by atoms with Gasteiger partial charge in [0.15, 0.2) is 5.75 Å². The second-order valence-electron chi connectivity index (χ2n) is 13.1. The summed E-state index contributed by atoms with van der Waals surface area (Å²) >= 11 is 0. The Hall–Kier alpha value is -5.37. The van der Waals surface area contributed by atoms with Crippen molar-refractivity contribution in [3.05, 3.63) is 84.6 Å². The van der Waals surface area contributed by atoms with Gasteiger partial charge in [-0.3, -0.25) is 9.29 Å². The van der Waals surface area contributed by atoms with E-state index in [0.29, 0.717) is 45.6 Å². The molecule has 0 spiro atoms. The van der Waals surface area contributed by atoms with E-state index < -0.39 is 23.4 Å². The lowest BCUT2D eigenvalue weighted by atomic mass is 9.86. The Morgan fingerprint density at radius 3 is 2.23 bits per heavy atom. The van der Waals surface area contributed by atoms with Gasteiger partial charge in [-0.15, -0.1) is 0 Å². The van der Waals surface area contributed by atoms with Crippen molar-refractivity contribution in [2.75, 3.05) is 54.4 Å². The summed E-state index contributed by atoms with van der Waals surface area (Å²) in [6.45, 7) is 9.57. The molecule has 14 nitrogen and oxygen atoms in total. The smallest absolute Gasteiger partial charge is 0.323 e. The van der Waals surface area contributed by atoms with Crippen LogP contribution in [0.25, 0.3) is 10.8 Å². The van der Waals surface area contributed by atoms with E-state index >= 15 is 0 Å². The number of carbonyl (C=O) groups excluding carboxylic acids is 1. The van der Waals surface area contributed by atoms with Gasteiger partial charge in [0.25, 0.3) is 0 Å². The van der Waals surface area contributed by atoms with E-state index in [9.17, 15) is 17.8 Å². The number of hydrogen-bond donors (Lipinski definition) is 4. The highest BCUT2D eigenvalue weighted by molar-refractivity contribution is 7.92. The number of methoxy groups -OCH3 is 2. The number of ether oxygens (including phenoxy) is 3. The first-order valence-corrected chi connectivity index (χ1v) is 20.5. The van der Waals surface area contributed by atoms with Crippen molar-refractivity contribution in [2.45, 2.75) is 33.1 Å². The van der Waals surface area contributed by atoms with Crippen LogP contribution in [0.5, 0.6) is 23.1 Å². The monoisotopic (exact) mass is 762 g/mol. The molecule has 16 heteroatoms. The third-order valence-electron chi connectivity index (χ3n) is 7.93. The summed E-state index contributed by atoms with van der Waals surface area (Å²) < 4.78 is 62.5. The van der Waals surface area contributed by atoms with E-state index in [1.807, 2.05) is 45.0 Å². The van der Waals surface area contributed by atoms with Crippen molar-refractivity contribution >= 4 is 68.2 Å². The molecular weight excluding hydrogens is 719 g/mol. The number of benzene rings is 4. The zero-order chi connectivity index (χ0) is 38.6. The Morgan fingerprint density at radius 1 is 0.868 bits per heavy atom. The van der Waals surface area contributed by atoms with Crippen LogP contribution in [0.3, 0.4) is 0 Å². The largest absolute Gasteiger partial charge is 0.496 e. The highest BCUT2D eigenvalue weighted by Gasteiger charge is 2.25. The van der Waals surface area contributed by atoms with Gasteiger partial charge in [-0.25, -0.2) is 18.2 Å². The minimum absolute atomic E-state index is 0.162. The van der Waals surface area contributed by atoms with Crippen molar-refractivity contribution in [1.29, 1.82) is 0 Å². The van der Waals surface area contributed by atoms with Gasteiger partial charge in [0.05, 0.1) is 49.4 Å². The molecule has 4 N–H and O–H groups in total. The number of amides is 2. The van der Waals surface area contributed by atoms with E-state index in [2.05, 4.69) is 30.6 Å². The van der Waals surface area contributed by atoms with Crippen LogP contribution < -0.4 is 40.2 Å². The SMILES string of the molecule is CCOP(C)(=O)c1ccc(Nc2nccc(Oc3ccc(NC(=O)Nc4cc(C(C)(C)C)cc(NS(C)(=O)=O)c4OC)c4ccccc34)n2)cc1OC. The van der Waals surface area contributed by atoms with Crippen LogP contribution in [0, 0.1) is 0 Å². The summed E-state index contributed by atoms with van der Waals surface area (Å²) in [6.07, 6.45) is 2.59. The molecule has 0 bridgehead atoms. The molecule has 1 heterocycles.